The summed E-state index contributed by atoms with van der Waals surface area (Å²) in [6.45, 7) is 0. The van der Waals surface area contributed by atoms with Gasteiger partial charge in [-0.3, -0.25) is 0 Å². The molecule has 0 aliphatic heterocycles. The minimum absolute atomic E-state index is 0.360. The molecule has 2 rings (SSSR count). The minimum atomic E-state index is -0.652. The maximum atomic E-state index is 10.3. The zero-order valence-electron chi connectivity index (χ0n) is 6.22. The molecule has 2 aromatic heterocycles. The highest BCUT2D eigenvalue weighted by molar-refractivity contribution is 6.30. The molecule has 0 saturated heterocycles. The lowest BCUT2D eigenvalue weighted by Gasteiger charge is -1.84. The summed E-state index contributed by atoms with van der Waals surface area (Å²) in [7, 11) is 0. The number of hydrogen-bond acceptors (Lipinski definition) is 4. The van der Waals surface area contributed by atoms with Crippen LogP contribution in [-0.2, 0) is 0 Å². The van der Waals surface area contributed by atoms with Crippen molar-refractivity contribution < 1.29 is 4.92 Å². The maximum Gasteiger partial charge on any atom is 0.491 e. The van der Waals surface area contributed by atoms with Crippen molar-refractivity contribution in [1.82, 2.24) is 14.6 Å². The smallest absolute Gasteiger partial charge is 0.390 e. The summed E-state index contributed by atoms with van der Waals surface area (Å²) in [6, 6.07) is 3.08. The topological polar surface area (TPSA) is 73.3 Å². The fourth-order valence-electron chi connectivity index (χ4n) is 0.922. The highest BCUT2D eigenvalue weighted by atomic mass is 35.5. The van der Waals surface area contributed by atoms with E-state index in [1.165, 1.54) is 16.8 Å². The lowest BCUT2D eigenvalue weighted by atomic mass is 10.5. The van der Waals surface area contributed by atoms with E-state index in [1.54, 1.807) is 6.07 Å². The van der Waals surface area contributed by atoms with E-state index < -0.39 is 10.9 Å². The van der Waals surface area contributed by atoms with Gasteiger partial charge in [0.2, 0.25) is 5.65 Å². The second-order valence-corrected chi connectivity index (χ2v) is 2.75. The van der Waals surface area contributed by atoms with Gasteiger partial charge in [0.1, 0.15) is 0 Å². The average molecular weight is 199 g/mol. The third-order valence-electron chi connectivity index (χ3n) is 1.45. The van der Waals surface area contributed by atoms with Gasteiger partial charge in [0.25, 0.3) is 0 Å². The summed E-state index contributed by atoms with van der Waals surface area (Å²) >= 11 is 5.66. The number of rotatable bonds is 1. The number of aromatic nitrogens is 3. The van der Waals surface area contributed by atoms with Crippen LogP contribution in [0.15, 0.2) is 18.3 Å². The Balaban J connectivity index is 2.68. The predicted octanol–water partition coefficient (Wildman–Crippen LogP) is 1.29. The van der Waals surface area contributed by atoms with Gasteiger partial charge in [0, 0.05) is 22.4 Å². The van der Waals surface area contributed by atoms with Crippen molar-refractivity contribution in [2.45, 2.75) is 0 Å². The number of nitrogens with zero attached hydrogens (tertiary/aromatic N) is 4. The molecule has 0 amide bonds. The summed E-state index contributed by atoms with van der Waals surface area (Å²) in [6.07, 6.45) is 1.51. The highest BCUT2D eigenvalue weighted by Crippen LogP contribution is 2.12. The number of nitro groups is 1. The van der Waals surface area contributed by atoms with Crippen LogP contribution in [0.2, 0.25) is 5.02 Å². The number of fused-ring (bicyclic) bond motifs is 1. The fraction of sp³-hybridized carbons (Fsp3) is 0. The Kier molecular flexibility index (Phi) is 1.63. The Hall–Kier alpha value is -1.69. The quantitative estimate of drug-likeness (QED) is 0.511. The summed E-state index contributed by atoms with van der Waals surface area (Å²) in [5, 5.41) is 14.4. The molecule has 6 nitrogen and oxygen atoms in total. The van der Waals surface area contributed by atoms with Gasteiger partial charge in [0.15, 0.2) is 0 Å². The van der Waals surface area contributed by atoms with Crippen LogP contribution < -0.4 is 0 Å². The molecule has 7 heteroatoms. The lowest BCUT2D eigenvalue weighted by Crippen LogP contribution is -1.90. The molecule has 0 aliphatic rings. The minimum Gasteiger partial charge on any atom is -0.390 e. The molecule has 0 unspecified atom stereocenters. The van der Waals surface area contributed by atoms with Gasteiger partial charge in [-0.1, -0.05) is 11.6 Å². The Morgan fingerprint density at radius 2 is 2.38 bits per heavy atom. The Morgan fingerprint density at radius 1 is 1.62 bits per heavy atom. The fourth-order valence-corrected chi connectivity index (χ4v) is 1.08. The van der Waals surface area contributed by atoms with E-state index in [0.29, 0.717) is 10.7 Å². The molecule has 0 spiro atoms. The van der Waals surface area contributed by atoms with Crippen molar-refractivity contribution in [2.24, 2.45) is 0 Å². The molecule has 2 aromatic rings. The van der Waals surface area contributed by atoms with Crippen LogP contribution in [0.25, 0.3) is 5.65 Å². The van der Waals surface area contributed by atoms with Crippen LogP contribution >= 0.6 is 11.6 Å². The second-order valence-electron chi connectivity index (χ2n) is 2.32. The van der Waals surface area contributed by atoms with Crippen molar-refractivity contribution in [3.05, 3.63) is 33.5 Å². The highest BCUT2D eigenvalue weighted by Gasteiger charge is 2.15. The third-order valence-corrected chi connectivity index (χ3v) is 1.69. The second kappa shape index (κ2) is 2.67. The van der Waals surface area contributed by atoms with E-state index >= 15 is 0 Å². The SMILES string of the molecule is O=[N+]([O-])c1nc2cc(Cl)ccn2n1. The van der Waals surface area contributed by atoms with E-state index in [9.17, 15) is 10.1 Å². The number of halogens is 1. The van der Waals surface area contributed by atoms with Crippen molar-refractivity contribution in [3.8, 4) is 0 Å². The van der Waals surface area contributed by atoms with Crippen LogP contribution in [0.4, 0.5) is 5.95 Å². The molecule has 2 heterocycles. The molecular weight excluding hydrogens is 196 g/mol. The molecule has 0 bridgehead atoms. The zero-order valence-corrected chi connectivity index (χ0v) is 6.97. The summed E-state index contributed by atoms with van der Waals surface area (Å²) in [4.78, 5) is 13.3. The van der Waals surface area contributed by atoms with Crippen LogP contribution in [0, 0.1) is 10.1 Å². The maximum absolute atomic E-state index is 10.3. The Labute approximate surface area is 76.9 Å². The molecule has 0 aromatic carbocycles. The van der Waals surface area contributed by atoms with E-state index in [2.05, 4.69) is 10.1 Å². The van der Waals surface area contributed by atoms with Crippen molar-refractivity contribution >= 4 is 23.2 Å². The van der Waals surface area contributed by atoms with Crippen LogP contribution in [0.3, 0.4) is 0 Å². The molecule has 13 heavy (non-hydrogen) atoms. The molecule has 0 saturated carbocycles. The lowest BCUT2D eigenvalue weighted by molar-refractivity contribution is -0.394. The van der Waals surface area contributed by atoms with Gasteiger partial charge in [-0.2, -0.15) is 0 Å². The van der Waals surface area contributed by atoms with Crippen LogP contribution in [0.5, 0.6) is 0 Å². The van der Waals surface area contributed by atoms with Gasteiger partial charge in [0.05, 0.1) is 0 Å². The first-order valence-corrected chi connectivity index (χ1v) is 3.71. The summed E-state index contributed by atoms with van der Waals surface area (Å²) in [5.41, 5.74) is 0.360. The number of hydrogen-bond donors (Lipinski definition) is 0. The zero-order chi connectivity index (χ0) is 9.42. The van der Waals surface area contributed by atoms with E-state index in [0.717, 1.165) is 0 Å². The Bertz CT molecular complexity index is 480. The Morgan fingerprint density at radius 3 is 3.08 bits per heavy atom. The summed E-state index contributed by atoms with van der Waals surface area (Å²) < 4.78 is 1.30. The van der Waals surface area contributed by atoms with Crippen LogP contribution in [0.1, 0.15) is 0 Å². The molecule has 66 valence electrons. The summed E-state index contributed by atoms with van der Waals surface area (Å²) in [5.74, 6) is -0.428. The monoisotopic (exact) mass is 198 g/mol. The van der Waals surface area contributed by atoms with E-state index in [-0.39, 0.29) is 0 Å². The molecular formula is C6H3ClN4O2. The van der Waals surface area contributed by atoms with Gasteiger partial charge < -0.3 is 10.1 Å². The van der Waals surface area contributed by atoms with Crippen molar-refractivity contribution in [1.29, 1.82) is 0 Å². The number of pyridine rings is 1. The van der Waals surface area contributed by atoms with Gasteiger partial charge in [-0.05, 0) is 16.0 Å². The van der Waals surface area contributed by atoms with Crippen molar-refractivity contribution in [2.75, 3.05) is 0 Å². The first-order chi connectivity index (χ1) is 6.16. The van der Waals surface area contributed by atoms with Crippen molar-refractivity contribution in [3.63, 3.8) is 0 Å². The third kappa shape index (κ3) is 1.31. The molecule has 0 N–H and O–H groups in total. The molecule has 0 atom stereocenters. The standard InChI is InChI=1S/C6H3ClN4O2/c7-4-1-2-10-5(3-4)8-6(9-10)11(12)13/h1-3H. The molecule has 0 aliphatic carbocycles. The molecule has 0 fully saturated rings. The van der Waals surface area contributed by atoms with Gasteiger partial charge in [-0.25, -0.2) is 0 Å². The first-order valence-electron chi connectivity index (χ1n) is 3.33. The normalized spacial score (nSPS) is 10.5. The molecule has 0 radical (unpaired) electrons. The largest absolute Gasteiger partial charge is 0.491 e. The van der Waals surface area contributed by atoms with Gasteiger partial charge in [-0.15, -0.1) is 4.52 Å². The van der Waals surface area contributed by atoms with E-state index in [1.807, 2.05) is 0 Å². The first kappa shape index (κ1) is 7.93. The van der Waals surface area contributed by atoms with Gasteiger partial charge >= 0.3 is 5.95 Å². The van der Waals surface area contributed by atoms with E-state index in [4.69, 9.17) is 11.6 Å². The van der Waals surface area contributed by atoms with Crippen LogP contribution in [-0.4, -0.2) is 19.5 Å². The predicted molar refractivity (Wildman–Crippen MR) is 44.7 cm³/mol. The average Bonchev–Trinajstić information content (AvgIpc) is 2.46.